The van der Waals surface area contributed by atoms with Crippen LogP contribution in [0.15, 0.2) is 18.2 Å². The van der Waals surface area contributed by atoms with Gasteiger partial charge in [0.2, 0.25) is 5.91 Å². The molecule has 1 fully saturated rings. The van der Waals surface area contributed by atoms with E-state index in [1.54, 1.807) is 23.1 Å². The first-order chi connectivity index (χ1) is 15.4. The molecule has 0 saturated heterocycles. The molecule has 0 spiro atoms. The van der Waals surface area contributed by atoms with E-state index in [0.29, 0.717) is 28.8 Å². The van der Waals surface area contributed by atoms with Crippen LogP contribution in [0.4, 0.5) is 16.3 Å². The first-order valence-electron chi connectivity index (χ1n) is 10.9. The molecule has 2 aromatic rings. The average molecular weight is 494 g/mol. The number of amides is 3. The molecule has 2 aliphatic rings. The number of para-hydroxylation sites is 1. The van der Waals surface area contributed by atoms with Gasteiger partial charge in [0, 0.05) is 5.56 Å². The lowest BCUT2D eigenvalue weighted by Crippen LogP contribution is -2.51. The predicted molar refractivity (Wildman–Crippen MR) is 135 cm³/mol. The molecular weight excluding hydrogens is 462 g/mol. The number of aromatic nitrogens is 2. The van der Waals surface area contributed by atoms with Crippen molar-refractivity contribution in [1.82, 2.24) is 15.1 Å². The van der Waals surface area contributed by atoms with Crippen LogP contribution in [0, 0.1) is 0 Å². The molecule has 0 bridgehead atoms. The Bertz CT molecular complexity index is 1100. The molecule has 4 rings (SSSR count). The Morgan fingerprint density at radius 1 is 1.21 bits per heavy atom. The highest BCUT2D eigenvalue weighted by Crippen LogP contribution is 2.60. The topological polar surface area (TPSA) is 99.3 Å². The molecule has 10 heteroatoms. The van der Waals surface area contributed by atoms with E-state index < -0.39 is 15.6 Å². The second-order valence-electron chi connectivity index (χ2n) is 9.96. The summed E-state index contributed by atoms with van der Waals surface area (Å²) in [5, 5.41) is 13.8. The molecule has 8 nitrogen and oxygen atoms in total. The molecule has 0 unspecified atom stereocenters. The van der Waals surface area contributed by atoms with Gasteiger partial charge in [-0.25, -0.2) is 14.8 Å². The number of benzene rings is 1. The zero-order valence-corrected chi connectivity index (χ0v) is 21.5. The van der Waals surface area contributed by atoms with Gasteiger partial charge in [-0.3, -0.25) is 9.89 Å². The largest absolute Gasteiger partial charge is 0.495 e. The molecule has 1 aliphatic heterocycles. The van der Waals surface area contributed by atoms with E-state index >= 15 is 0 Å². The van der Waals surface area contributed by atoms with Gasteiger partial charge in [-0.2, -0.15) is 5.10 Å². The van der Waals surface area contributed by atoms with Crippen LogP contribution in [-0.4, -0.2) is 57.7 Å². The molecule has 1 aromatic heterocycles. The zero-order chi connectivity index (χ0) is 24.2. The highest BCUT2D eigenvalue weighted by molar-refractivity contribution is 8.33. The van der Waals surface area contributed by atoms with Crippen LogP contribution in [0.5, 0.6) is 5.75 Å². The van der Waals surface area contributed by atoms with Crippen molar-refractivity contribution in [3.05, 3.63) is 34.5 Å². The summed E-state index contributed by atoms with van der Waals surface area (Å²) in [7, 11) is 0.443. The van der Waals surface area contributed by atoms with Gasteiger partial charge >= 0.3 is 6.03 Å². The number of aromatic amines is 1. The van der Waals surface area contributed by atoms with E-state index in [4.69, 9.17) is 16.3 Å². The first-order valence-corrected chi connectivity index (χ1v) is 14.1. The van der Waals surface area contributed by atoms with Crippen molar-refractivity contribution in [3.8, 4) is 5.75 Å². The average Bonchev–Trinajstić information content (AvgIpc) is 3.19. The Morgan fingerprint density at radius 2 is 1.91 bits per heavy atom. The van der Waals surface area contributed by atoms with E-state index in [2.05, 4.69) is 39.6 Å². The zero-order valence-electron chi connectivity index (χ0n) is 20.0. The van der Waals surface area contributed by atoms with Crippen LogP contribution in [0.3, 0.4) is 0 Å². The molecule has 0 radical (unpaired) electrons. The molecule has 3 amide bonds. The monoisotopic (exact) mass is 493 g/mol. The van der Waals surface area contributed by atoms with Crippen LogP contribution < -0.4 is 15.4 Å². The number of fused-ring (bicyclic) bond motifs is 1. The number of carbonyl (C=O) groups is 2. The number of rotatable bonds is 5. The van der Waals surface area contributed by atoms with Crippen LogP contribution in [0.1, 0.15) is 44.4 Å². The lowest BCUT2D eigenvalue weighted by Gasteiger charge is -2.53. The van der Waals surface area contributed by atoms with Crippen molar-refractivity contribution in [1.29, 1.82) is 0 Å². The number of methoxy groups -OCH3 is 1. The minimum atomic E-state index is -1.09. The number of nitrogens with one attached hydrogen (secondary N) is 3. The SMILES string of the molecule is COc1cccc(Cl)c1NC(=O)N1Cc2c(NC(=O)C3(S(C)(C)C)CCC3)n[nH]c2C1(C)C. The van der Waals surface area contributed by atoms with Crippen molar-refractivity contribution >= 4 is 45.1 Å². The molecule has 33 heavy (non-hydrogen) atoms. The molecule has 1 saturated carbocycles. The maximum Gasteiger partial charge on any atom is 0.323 e. The van der Waals surface area contributed by atoms with Crippen molar-refractivity contribution in [2.45, 2.75) is 49.9 Å². The van der Waals surface area contributed by atoms with Gasteiger partial charge in [-0.15, -0.1) is 0 Å². The summed E-state index contributed by atoms with van der Waals surface area (Å²) in [5.41, 5.74) is 1.40. The van der Waals surface area contributed by atoms with E-state index in [1.165, 1.54) is 7.11 Å². The van der Waals surface area contributed by atoms with E-state index in [9.17, 15) is 9.59 Å². The molecule has 180 valence electrons. The quantitative estimate of drug-likeness (QED) is 0.551. The number of hydrogen-bond acceptors (Lipinski definition) is 4. The number of anilines is 2. The van der Waals surface area contributed by atoms with Crippen LogP contribution in [0.2, 0.25) is 5.02 Å². The van der Waals surface area contributed by atoms with Crippen molar-refractivity contribution in [2.24, 2.45) is 0 Å². The van der Waals surface area contributed by atoms with Gasteiger partial charge in [-0.1, -0.05) is 17.7 Å². The summed E-state index contributed by atoms with van der Waals surface area (Å²) >= 11 is 6.30. The van der Waals surface area contributed by atoms with E-state index in [1.807, 2.05) is 13.8 Å². The van der Waals surface area contributed by atoms with Crippen molar-refractivity contribution in [3.63, 3.8) is 0 Å². The first kappa shape index (κ1) is 23.8. The van der Waals surface area contributed by atoms with Crippen LogP contribution in [0.25, 0.3) is 0 Å². The second-order valence-corrected chi connectivity index (χ2v) is 14.8. The molecule has 3 N–H and O–H groups in total. The third kappa shape index (κ3) is 3.75. The summed E-state index contributed by atoms with van der Waals surface area (Å²) in [4.78, 5) is 28.3. The Hall–Kier alpha value is -2.39. The fraction of sp³-hybridized carbons (Fsp3) is 0.522. The lowest BCUT2D eigenvalue weighted by atomic mass is 9.83. The Kier molecular flexibility index (Phi) is 5.85. The van der Waals surface area contributed by atoms with Crippen LogP contribution in [-0.2, 0) is 16.9 Å². The number of halogens is 1. The van der Waals surface area contributed by atoms with Crippen molar-refractivity contribution in [2.75, 3.05) is 36.5 Å². The maximum absolute atomic E-state index is 13.3. The molecule has 1 aliphatic carbocycles. The number of H-pyrrole nitrogens is 1. The van der Waals surface area contributed by atoms with Gasteiger partial charge in [0.25, 0.3) is 0 Å². The van der Waals surface area contributed by atoms with Crippen molar-refractivity contribution < 1.29 is 14.3 Å². The third-order valence-corrected chi connectivity index (χ3v) is 10.4. The van der Waals surface area contributed by atoms with Gasteiger partial charge in [0.15, 0.2) is 5.82 Å². The van der Waals surface area contributed by atoms with Crippen LogP contribution >= 0.6 is 21.6 Å². The summed E-state index contributed by atoms with van der Waals surface area (Å²) < 4.78 is 5.03. The molecule has 1 aromatic carbocycles. The summed E-state index contributed by atoms with van der Waals surface area (Å²) in [6.45, 7) is 4.19. The maximum atomic E-state index is 13.3. The van der Waals surface area contributed by atoms with Gasteiger partial charge in [0.1, 0.15) is 11.4 Å². The molecular formula is C23H32ClN5O3S. The Balaban J connectivity index is 1.56. The van der Waals surface area contributed by atoms with E-state index in [0.717, 1.165) is 30.5 Å². The number of carbonyl (C=O) groups excluding carboxylic acids is 2. The normalized spacial score (nSPS) is 18.8. The number of urea groups is 1. The fourth-order valence-corrected chi connectivity index (χ4v) is 7.09. The van der Waals surface area contributed by atoms with Gasteiger partial charge < -0.3 is 20.3 Å². The fourth-order valence-electron chi connectivity index (χ4n) is 4.75. The standard InChI is InChI=1S/C23H32ClN5O3S/c1-22(2)18-14(13-29(22)21(31)25-17-15(24)9-7-10-16(17)32-3)19(28-27-18)26-20(30)23(11-8-12-23)33(4,5)6/h7,9-10H,8,11-13H2,1-6H3,(H,25,31)(H2,26,27,28,30). The van der Waals surface area contributed by atoms with E-state index in [-0.39, 0.29) is 16.7 Å². The molecule has 2 heterocycles. The minimum absolute atomic E-state index is 0.0343. The highest BCUT2D eigenvalue weighted by atomic mass is 35.5. The number of hydrogen-bond donors (Lipinski definition) is 3. The second kappa shape index (κ2) is 8.13. The number of ether oxygens (including phenoxy) is 1. The number of nitrogens with zero attached hydrogens (tertiary/aromatic N) is 2. The summed E-state index contributed by atoms with van der Waals surface area (Å²) in [6.07, 6.45) is 9.47. The third-order valence-electron chi connectivity index (χ3n) is 7.12. The highest BCUT2D eigenvalue weighted by Gasteiger charge is 2.51. The summed E-state index contributed by atoms with van der Waals surface area (Å²) in [5.74, 6) is 1.02. The lowest BCUT2D eigenvalue weighted by molar-refractivity contribution is -0.120. The Labute approximate surface area is 201 Å². The minimum Gasteiger partial charge on any atom is -0.495 e. The smallest absolute Gasteiger partial charge is 0.323 e. The van der Waals surface area contributed by atoms with Gasteiger partial charge in [-0.05, 0) is 64.0 Å². The summed E-state index contributed by atoms with van der Waals surface area (Å²) in [6, 6.07) is 4.88. The Morgan fingerprint density at radius 3 is 2.48 bits per heavy atom. The molecule has 0 atom stereocenters. The predicted octanol–water partition coefficient (Wildman–Crippen LogP) is 4.91. The van der Waals surface area contributed by atoms with Gasteiger partial charge in [0.05, 0.1) is 34.7 Å².